The van der Waals surface area contributed by atoms with E-state index >= 15 is 0 Å². The Balaban J connectivity index is 1.56. The Hall–Kier alpha value is -3.31. The van der Waals surface area contributed by atoms with Crippen LogP contribution in [0.1, 0.15) is 4.88 Å². The lowest BCUT2D eigenvalue weighted by molar-refractivity contribution is -0.118. The van der Waals surface area contributed by atoms with Gasteiger partial charge in [0.15, 0.2) is 6.61 Å². The Kier molecular flexibility index (Phi) is 5.46. The van der Waals surface area contributed by atoms with Crippen molar-refractivity contribution in [2.24, 2.45) is 5.73 Å². The molecule has 11 heteroatoms. The summed E-state index contributed by atoms with van der Waals surface area (Å²) in [7, 11) is 0. The van der Waals surface area contributed by atoms with Crippen LogP contribution in [0.5, 0.6) is 5.75 Å². The summed E-state index contributed by atoms with van der Waals surface area (Å²) in [5, 5.41) is 6.63. The van der Waals surface area contributed by atoms with Crippen molar-refractivity contribution in [3.63, 3.8) is 0 Å². The largest absolute Gasteiger partial charge is 0.481 e. The van der Waals surface area contributed by atoms with Crippen LogP contribution >= 0.6 is 11.3 Å². The van der Waals surface area contributed by atoms with Crippen LogP contribution in [0.3, 0.4) is 0 Å². The van der Waals surface area contributed by atoms with Crippen LogP contribution in [-0.4, -0.2) is 33.4 Å². The van der Waals surface area contributed by atoms with E-state index in [0.717, 1.165) is 9.56 Å². The number of carbonyl (C=O) groups excluding carboxylic acids is 1. The lowest BCUT2D eigenvalue weighted by Gasteiger charge is -2.18. The highest BCUT2D eigenvalue weighted by Gasteiger charge is 2.20. The van der Waals surface area contributed by atoms with Gasteiger partial charge in [-0.05, 0) is 23.8 Å². The molecule has 1 aliphatic heterocycles. The molecule has 0 saturated heterocycles. The molecule has 1 aromatic carbocycles. The van der Waals surface area contributed by atoms with Crippen LogP contribution in [-0.2, 0) is 17.9 Å². The molecule has 0 spiro atoms. The maximum Gasteiger partial charge on any atom is 0.346 e. The maximum absolute atomic E-state index is 14.6. The predicted molar refractivity (Wildman–Crippen MR) is 108 cm³/mol. The third-order valence-corrected chi connectivity index (χ3v) is 5.62. The summed E-state index contributed by atoms with van der Waals surface area (Å²) in [6.07, 6.45) is 1.73. The fourth-order valence-electron chi connectivity index (χ4n) is 2.99. The highest BCUT2D eigenvalue weighted by molar-refractivity contribution is 7.15. The van der Waals surface area contributed by atoms with Crippen LogP contribution in [0.25, 0.3) is 10.4 Å². The number of ether oxygens (including phenoxy) is 1. The molecule has 0 radical (unpaired) electrons. The smallest absolute Gasteiger partial charge is 0.346 e. The van der Waals surface area contributed by atoms with Gasteiger partial charge in [0.2, 0.25) is 0 Å². The summed E-state index contributed by atoms with van der Waals surface area (Å²) in [5.41, 5.74) is 5.99. The minimum Gasteiger partial charge on any atom is -0.481 e. The number of aromatic nitrogens is 3. The highest BCUT2D eigenvalue weighted by Crippen LogP contribution is 2.37. The summed E-state index contributed by atoms with van der Waals surface area (Å²) < 4.78 is 35.0. The van der Waals surface area contributed by atoms with E-state index in [1.807, 2.05) is 0 Å². The fraction of sp³-hybridized carbons (Fsp3) is 0.211. The number of hydrogen-bond acceptors (Lipinski definition) is 6. The summed E-state index contributed by atoms with van der Waals surface area (Å²) >= 11 is 1.31. The number of carbonyl (C=O) groups is 1. The van der Waals surface area contributed by atoms with E-state index in [2.05, 4.69) is 10.4 Å². The van der Waals surface area contributed by atoms with Gasteiger partial charge >= 0.3 is 5.69 Å². The molecule has 2 aromatic heterocycles. The fourth-order valence-corrected chi connectivity index (χ4v) is 4.02. The van der Waals surface area contributed by atoms with E-state index in [9.17, 15) is 18.4 Å². The molecule has 0 atom stereocenters. The van der Waals surface area contributed by atoms with Gasteiger partial charge in [-0.15, -0.1) is 11.3 Å². The quantitative estimate of drug-likeness (QED) is 0.620. The summed E-state index contributed by atoms with van der Waals surface area (Å²) in [6.45, 7) is 0.0447. The second-order valence-corrected chi connectivity index (χ2v) is 7.77. The van der Waals surface area contributed by atoms with Crippen LogP contribution in [0.15, 0.2) is 47.3 Å². The molecule has 1 aliphatic rings. The highest BCUT2D eigenvalue weighted by atomic mass is 32.1. The number of anilines is 1. The van der Waals surface area contributed by atoms with E-state index in [-0.39, 0.29) is 43.5 Å². The minimum atomic E-state index is -0.476. The van der Waals surface area contributed by atoms with Crippen molar-refractivity contribution in [2.45, 2.75) is 13.1 Å². The average molecular weight is 433 g/mol. The van der Waals surface area contributed by atoms with Crippen LogP contribution in [0, 0.1) is 5.82 Å². The van der Waals surface area contributed by atoms with Gasteiger partial charge in [-0.25, -0.2) is 18.3 Å². The Labute approximate surface area is 173 Å². The molecule has 3 heterocycles. The normalized spacial score (nSPS) is 13.7. The molecular formula is C19H17F2N5O3S. The summed E-state index contributed by atoms with van der Waals surface area (Å²) in [5.74, 6) is -0.495. The number of amides is 1. The summed E-state index contributed by atoms with van der Waals surface area (Å²) in [6, 6.07) is 6.29. The first-order chi connectivity index (χ1) is 14.5. The van der Waals surface area contributed by atoms with E-state index in [1.165, 1.54) is 34.4 Å². The van der Waals surface area contributed by atoms with Gasteiger partial charge in [0.1, 0.15) is 17.9 Å². The number of hydrogen-bond donors (Lipinski definition) is 2. The van der Waals surface area contributed by atoms with Gasteiger partial charge in [0.05, 0.1) is 25.1 Å². The molecule has 8 nitrogen and oxygen atoms in total. The molecule has 3 aromatic rings. The van der Waals surface area contributed by atoms with E-state index < -0.39 is 11.5 Å². The molecule has 1 amide bonds. The molecule has 30 heavy (non-hydrogen) atoms. The third-order valence-electron chi connectivity index (χ3n) is 4.52. The molecule has 0 fully saturated rings. The number of nitrogens with zero attached hydrogens (tertiary/aromatic N) is 3. The topological polar surface area (TPSA) is 104 Å². The van der Waals surface area contributed by atoms with Gasteiger partial charge in [0.25, 0.3) is 5.91 Å². The van der Waals surface area contributed by atoms with Crippen molar-refractivity contribution in [3.05, 3.63) is 63.7 Å². The molecule has 0 saturated carbocycles. The van der Waals surface area contributed by atoms with Crippen molar-refractivity contribution in [3.8, 4) is 16.2 Å². The van der Waals surface area contributed by atoms with E-state index in [4.69, 9.17) is 10.5 Å². The van der Waals surface area contributed by atoms with Crippen LogP contribution in [0.4, 0.5) is 14.5 Å². The van der Waals surface area contributed by atoms with Gasteiger partial charge in [-0.2, -0.15) is 5.10 Å². The monoisotopic (exact) mass is 433 g/mol. The zero-order valence-electron chi connectivity index (χ0n) is 15.6. The van der Waals surface area contributed by atoms with Crippen molar-refractivity contribution in [1.82, 2.24) is 14.3 Å². The van der Waals surface area contributed by atoms with Gasteiger partial charge in [0, 0.05) is 27.9 Å². The Morgan fingerprint density at radius 3 is 2.97 bits per heavy atom. The molecular weight excluding hydrogens is 416 g/mol. The van der Waals surface area contributed by atoms with Gasteiger partial charge < -0.3 is 15.8 Å². The second-order valence-electron chi connectivity index (χ2n) is 6.60. The zero-order chi connectivity index (χ0) is 21.3. The molecule has 0 bridgehead atoms. The zero-order valence-corrected chi connectivity index (χ0v) is 16.4. The standard InChI is InChI=1S/C19H17F2N5O3S/c20-5-11(6-22)7-26-19(28)25(10-23-26)8-12-1-2-17(30-12)13-3-15-16(4-14(13)21)29-9-18(27)24-15/h1-5,10H,6-9,22H2,(H,24,27)/b11-5+. The number of thiophene rings is 1. The molecule has 0 unspecified atom stereocenters. The van der Waals surface area contributed by atoms with Crippen LogP contribution < -0.4 is 21.5 Å². The third kappa shape index (κ3) is 3.89. The van der Waals surface area contributed by atoms with Crippen molar-refractivity contribution in [1.29, 1.82) is 0 Å². The molecule has 0 aliphatic carbocycles. The van der Waals surface area contributed by atoms with Crippen molar-refractivity contribution < 1.29 is 18.3 Å². The number of fused-ring (bicyclic) bond motifs is 1. The summed E-state index contributed by atoms with van der Waals surface area (Å²) in [4.78, 5) is 25.4. The lowest BCUT2D eigenvalue weighted by Crippen LogP contribution is -2.26. The molecule has 3 N–H and O–H groups in total. The first-order valence-corrected chi connectivity index (χ1v) is 9.76. The minimum absolute atomic E-state index is 0.0120. The predicted octanol–water partition coefficient (Wildman–Crippen LogP) is 2.10. The van der Waals surface area contributed by atoms with E-state index in [0.29, 0.717) is 22.5 Å². The van der Waals surface area contributed by atoms with Gasteiger partial charge in [-0.1, -0.05) is 0 Å². The number of rotatable bonds is 6. The number of nitrogens with one attached hydrogen (secondary N) is 1. The number of benzene rings is 1. The average Bonchev–Trinajstić information content (AvgIpc) is 3.33. The van der Waals surface area contributed by atoms with Crippen LogP contribution in [0.2, 0.25) is 0 Å². The Bertz CT molecular complexity index is 1200. The van der Waals surface area contributed by atoms with Gasteiger partial charge in [-0.3, -0.25) is 9.36 Å². The second kappa shape index (κ2) is 8.20. The lowest BCUT2D eigenvalue weighted by atomic mass is 10.1. The molecule has 156 valence electrons. The Morgan fingerprint density at radius 1 is 1.37 bits per heavy atom. The van der Waals surface area contributed by atoms with E-state index in [1.54, 1.807) is 12.1 Å². The molecule has 4 rings (SSSR count). The number of nitrogens with two attached hydrogens (primary N) is 1. The first kappa shape index (κ1) is 20.0. The maximum atomic E-state index is 14.6. The Morgan fingerprint density at radius 2 is 2.20 bits per heavy atom. The first-order valence-electron chi connectivity index (χ1n) is 8.94. The van der Waals surface area contributed by atoms with Crippen molar-refractivity contribution >= 4 is 22.9 Å². The van der Waals surface area contributed by atoms with Crippen molar-refractivity contribution in [2.75, 3.05) is 18.5 Å². The SMILES string of the molecule is NC/C(=C\F)Cn1ncn(Cc2ccc(-c3cc4c(cc3F)OCC(=O)N4)s2)c1=O. The number of halogens is 2.